The Hall–Kier alpha value is -2.10. The highest BCUT2D eigenvalue weighted by Crippen LogP contribution is 2.14. The number of hydrogen-bond donors (Lipinski definition) is 1. The zero-order valence-corrected chi connectivity index (χ0v) is 7.88. The molecule has 0 saturated carbocycles. The molecule has 1 aromatic carbocycles. The van der Waals surface area contributed by atoms with Crippen LogP contribution in [0.15, 0.2) is 34.9 Å². The molecule has 1 aromatic heterocycles. The van der Waals surface area contributed by atoms with Gasteiger partial charge < -0.3 is 9.63 Å². The van der Waals surface area contributed by atoms with Crippen molar-refractivity contribution in [3.05, 3.63) is 47.3 Å². The summed E-state index contributed by atoms with van der Waals surface area (Å²) in [5.41, 5.74) is 1.28. The smallest absolute Gasteiger partial charge is 0.171 e. The van der Waals surface area contributed by atoms with Crippen molar-refractivity contribution < 1.29 is 14.4 Å². The van der Waals surface area contributed by atoms with Gasteiger partial charge in [0.05, 0.1) is 0 Å². The van der Waals surface area contributed by atoms with Crippen molar-refractivity contribution in [2.24, 2.45) is 0 Å². The molecule has 0 atom stereocenters. The predicted octanol–water partition coefficient (Wildman–Crippen LogP) is 1.78. The van der Waals surface area contributed by atoms with Gasteiger partial charge >= 0.3 is 0 Å². The first kappa shape index (κ1) is 9.45. The van der Waals surface area contributed by atoms with E-state index in [9.17, 15) is 4.79 Å². The van der Waals surface area contributed by atoms with Crippen LogP contribution in [0, 0.1) is 0 Å². The van der Waals surface area contributed by atoms with Crippen molar-refractivity contribution in [3.63, 3.8) is 0 Å². The number of carbonyl (C=O) groups excluding carboxylic acids is 1. The third-order valence-corrected chi connectivity index (χ3v) is 2.01. The molecule has 0 aliphatic rings. The second-order valence-electron chi connectivity index (χ2n) is 3.18. The summed E-state index contributed by atoms with van der Waals surface area (Å²) >= 11 is 0. The van der Waals surface area contributed by atoms with E-state index in [1.54, 1.807) is 30.3 Å². The van der Waals surface area contributed by atoms with Gasteiger partial charge in [0.2, 0.25) is 0 Å². The van der Waals surface area contributed by atoms with Crippen LogP contribution >= 0.6 is 0 Å². The fraction of sp³-hybridized carbons (Fsp3) is 0.0909. The molecule has 0 saturated heterocycles. The van der Waals surface area contributed by atoms with Crippen LogP contribution in [0.1, 0.15) is 21.8 Å². The maximum Gasteiger partial charge on any atom is 0.171 e. The highest BCUT2D eigenvalue weighted by molar-refractivity contribution is 5.71. The molecule has 2 aromatic rings. The zero-order valence-electron chi connectivity index (χ0n) is 7.88. The third-order valence-electron chi connectivity index (χ3n) is 2.01. The Morgan fingerprint density at radius 1 is 1.33 bits per heavy atom. The summed E-state index contributed by atoms with van der Waals surface area (Å²) in [5.74, 6) is 0.854. The van der Waals surface area contributed by atoms with E-state index in [-0.39, 0.29) is 5.75 Å². The number of carbonyl (C=O) groups is 1. The lowest BCUT2D eigenvalue weighted by molar-refractivity contribution is 0.111. The summed E-state index contributed by atoms with van der Waals surface area (Å²) in [5, 5.41) is 12.6. The summed E-state index contributed by atoms with van der Waals surface area (Å²) in [6.45, 7) is 0. The Labute approximate surface area is 86.1 Å². The Balaban J connectivity index is 2.14. The maximum atomic E-state index is 10.4. The number of hydrogen-bond acceptors (Lipinski definition) is 4. The first-order valence-corrected chi connectivity index (χ1v) is 4.46. The number of phenolic OH excluding ortho intramolecular Hbond substituents is 1. The predicted molar refractivity (Wildman–Crippen MR) is 52.8 cm³/mol. The molecule has 0 aliphatic carbocycles. The Bertz CT molecular complexity index is 459. The molecule has 2 rings (SSSR count). The van der Waals surface area contributed by atoms with Gasteiger partial charge in [0.1, 0.15) is 17.2 Å². The van der Waals surface area contributed by atoms with Crippen LogP contribution in [0.5, 0.6) is 5.75 Å². The second-order valence-corrected chi connectivity index (χ2v) is 3.18. The molecule has 0 fully saturated rings. The van der Waals surface area contributed by atoms with Crippen LogP contribution in [-0.2, 0) is 6.42 Å². The monoisotopic (exact) mass is 203 g/mol. The molecule has 0 amide bonds. The van der Waals surface area contributed by atoms with Crippen LogP contribution < -0.4 is 0 Å². The number of aromatic nitrogens is 1. The van der Waals surface area contributed by atoms with Gasteiger partial charge in [0.25, 0.3) is 0 Å². The van der Waals surface area contributed by atoms with E-state index in [0.29, 0.717) is 24.2 Å². The van der Waals surface area contributed by atoms with Crippen molar-refractivity contribution in [1.29, 1.82) is 0 Å². The van der Waals surface area contributed by atoms with Crippen LogP contribution in [0.2, 0.25) is 0 Å². The zero-order chi connectivity index (χ0) is 10.7. The van der Waals surface area contributed by atoms with Gasteiger partial charge in [0, 0.05) is 12.5 Å². The average molecular weight is 203 g/mol. The first-order valence-electron chi connectivity index (χ1n) is 4.46. The van der Waals surface area contributed by atoms with E-state index < -0.39 is 0 Å². The summed E-state index contributed by atoms with van der Waals surface area (Å²) in [6, 6.07) is 8.38. The van der Waals surface area contributed by atoms with Crippen LogP contribution in [-0.4, -0.2) is 16.5 Å². The third kappa shape index (κ3) is 2.22. The average Bonchev–Trinajstić information content (AvgIpc) is 2.69. The molecular formula is C11H9NO3. The lowest BCUT2D eigenvalue weighted by atomic mass is 10.1. The summed E-state index contributed by atoms with van der Waals surface area (Å²) in [4.78, 5) is 10.4. The van der Waals surface area contributed by atoms with Crippen LogP contribution in [0.25, 0.3) is 0 Å². The van der Waals surface area contributed by atoms with E-state index in [0.717, 1.165) is 5.56 Å². The standard InChI is InChI=1S/C11H9NO3/c13-7-9-6-11(15-12-9)5-8-1-3-10(14)4-2-8/h1-4,6-7,14H,5H2. The van der Waals surface area contributed by atoms with Crippen molar-refractivity contribution in [3.8, 4) is 5.75 Å². The quantitative estimate of drug-likeness (QED) is 0.772. The van der Waals surface area contributed by atoms with Gasteiger partial charge in [-0.15, -0.1) is 0 Å². The van der Waals surface area contributed by atoms with E-state index in [1.807, 2.05) is 0 Å². The Kier molecular flexibility index (Phi) is 2.49. The summed E-state index contributed by atoms with van der Waals surface area (Å²) < 4.78 is 4.95. The van der Waals surface area contributed by atoms with Crippen molar-refractivity contribution in [2.45, 2.75) is 6.42 Å². The molecule has 0 unspecified atom stereocenters. The molecule has 0 bridgehead atoms. The topological polar surface area (TPSA) is 63.3 Å². The van der Waals surface area contributed by atoms with E-state index in [2.05, 4.69) is 5.16 Å². The highest BCUT2D eigenvalue weighted by Gasteiger charge is 2.04. The summed E-state index contributed by atoms with van der Waals surface area (Å²) in [6.07, 6.45) is 1.20. The van der Waals surface area contributed by atoms with Gasteiger partial charge in [0.15, 0.2) is 6.29 Å². The van der Waals surface area contributed by atoms with Gasteiger partial charge in [-0.3, -0.25) is 4.79 Å². The number of aromatic hydroxyl groups is 1. The largest absolute Gasteiger partial charge is 0.508 e. The fourth-order valence-corrected chi connectivity index (χ4v) is 1.28. The normalized spacial score (nSPS) is 10.1. The minimum Gasteiger partial charge on any atom is -0.508 e. The number of rotatable bonds is 3. The molecule has 1 N–H and O–H groups in total. The lowest BCUT2D eigenvalue weighted by Crippen LogP contribution is -1.84. The first-order chi connectivity index (χ1) is 7.28. The van der Waals surface area contributed by atoms with Gasteiger partial charge in [-0.1, -0.05) is 17.3 Å². The molecule has 4 nitrogen and oxygen atoms in total. The minimum absolute atomic E-state index is 0.227. The molecule has 1 heterocycles. The van der Waals surface area contributed by atoms with Gasteiger partial charge in [-0.2, -0.15) is 0 Å². The molecule has 0 spiro atoms. The number of benzene rings is 1. The maximum absolute atomic E-state index is 10.4. The van der Waals surface area contributed by atoms with E-state index >= 15 is 0 Å². The number of aldehydes is 1. The molecule has 15 heavy (non-hydrogen) atoms. The van der Waals surface area contributed by atoms with Crippen LogP contribution in [0.4, 0.5) is 0 Å². The van der Waals surface area contributed by atoms with E-state index in [4.69, 9.17) is 9.63 Å². The van der Waals surface area contributed by atoms with Crippen molar-refractivity contribution in [1.82, 2.24) is 5.16 Å². The SMILES string of the molecule is O=Cc1cc(Cc2ccc(O)cc2)on1. The second kappa shape index (κ2) is 3.96. The van der Waals surface area contributed by atoms with Crippen LogP contribution in [0.3, 0.4) is 0 Å². The Morgan fingerprint density at radius 3 is 2.67 bits per heavy atom. The summed E-state index contributed by atoms with van der Waals surface area (Å²) in [7, 11) is 0. The van der Waals surface area contributed by atoms with Gasteiger partial charge in [-0.25, -0.2) is 0 Å². The highest BCUT2D eigenvalue weighted by atomic mass is 16.5. The van der Waals surface area contributed by atoms with Crippen molar-refractivity contribution >= 4 is 6.29 Å². The van der Waals surface area contributed by atoms with E-state index in [1.165, 1.54) is 0 Å². The molecular weight excluding hydrogens is 194 g/mol. The number of phenols is 1. The molecule has 4 heteroatoms. The molecule has 0 radical (unpaired) electrons. The Morgan fingerprint density at radius 2 is 2.07 bits per heavy atom. The molecule has 76 valence electrons. The minimum atomic E-state index is 0.227. The fourth-order valence-electron chi connectivity index (χ4n) is 1.28. The van der Waals surface area contributed by atoms with Crippen molar-refractivity contribution in [2.75, 3.05) is 0 Å². The van der Waals surface area contributed by atoms with Gasteiger partial charge in [-0.05, 0) is 17.7 Å². The lowest BCUT2D eigenvalue weighted by Gasteiger charge is -1.96. The number of nitrogens with zero attached hydrogens (tertiary/aromatic N) is 1. The molecule has 0 aliphatic heterocycles.